The number of hydrogen-bond acceptors (Lipinski definition) is 6. The number of carbonyl (C=O) groups is 1. The molecular weight excluding hydrogens is 272 g/mol. The van der Waals surface area contributed by atoms with Crippen molar-refractivity contribution in [1.29, 1.82) is 0 Å². The number of aromatic nitrogens is 5. The molecule has 0 aliphatic rings. The standard InChI is InChI=1S/C12H18N8O/c1-9(11-19-17-8-20(11)2)18-12(21)16-6-5-15-10-7-13-3-4-14-10/h3-4,7-9H,5-6H2,1-2H3,(H,14,15)(H2,16,18,21)/t9-/m0/s1. The molecule has 1 atom stereocenters. The largest absolute Gasteiger partial charge is 0.367 e. The van der Waals surface area contributed by atoms with E-state index in [-0.39, 0.29) is 12.1 Å². The summed E-state index contributed by atoms with van der Waals surface area (Å²) in [4.78, 5) is 19.7. The second-order valence-corrected chi connectivity index (χ2v) is 4.44. The molecule has 0 aliphatic carbocycles. The van der Waals surface area contributed by atoms with Crippen molar-refractivity contribution in [3.63, 3.8) is 0 Å². The summed E-state index contributed by atoms with van der Waals surface area (Å²) in [5.74, 6) is 1.37. The summed E-state index contributed by atoms with van der Waals surface area (Å²) in [5.41, 5.74) is 0. The fourth-order valence-electron chi connectivity index (χ4n) is 1.75. The number of rotatable bonds is 6. The molecule has 0 spiro atoms. The molecule has 2 heterocycles. The molecule has 0 saturated carbocycles. The van der Waals surface area contributed by atoms with E-state index in [2.05, 4.69) is 36.1 Å². The van der Waals surface area contributed by atoms with Crippen molar-refractivity contribution in [2.45, 2.75) is 13.0 Å². The van der Waals surface area contributed by atoms with Crippen LogP contribution in [0.5, 0.6) is 0 Å². The summed E-state index contributed by atoms with van der Waals surface area (Å²) in [5, 5.41) is 16.3. The Hall–Kier alpha value is -2.71. The highest BCUT2D eigenvalue weighted by atomic mass is 16.2. The Bertz CT molecular complexity index is 570. The van der Waals surface area contributed by atoms with Crippen LogP contribution in [0.15, 0.2) is 24.9 Å². The molecule has 0 aromatic carbocycles. The molecular formula is C12H18N8O. The minimum absolute atomic E-state index is 0.217. The van der Waals surface area contributed by atoms with Gasteiger partial charge in [-0.3, -0.25) is 4.98 Å². The van der Waals surface area contributed by atoms with Crippen molar-refractivity contribution < 1.29 is 4.79 Å². The van der Waals surface area contributed by atoms with Crippen molar-refractivity contribution >= 4 is 11.8 Å². The van der Waals surface area contributed by atoms with Crippen molar-refractivity contribution in [2.75, 3.05) is 18.4 Å². The maximum atomic E-state index is 11.7. The van der Waals surface area contributed by atoms with E-state index in [9.17, 15) is 4.79 Å². The van der Waals surface area contributed by atoms with E-state index in [0.29, 0.717) is 24.7 Å². The highest BCUT2D eigenvalue weighted by Gasteiger charge is 2.13. The van der Waals surface area contributed by atoms with E-state index in [1.807, 2.05) is 14.0 Å². The fraction of sp³-hybridized carbons (Fsp3) is 0.417. The first-order chi connectivity index (χ1) is 10.2. The molecule has 0 bridgehead atoms. The molecule has 0 fully saturated rings. The Morgan fingerprint density at radius 3 is 2.90 bits per heavy atom. The lowest BCUT2D eigenvalue weighted by atomic mass is 10.3. The van der Waals surface area contributed by atoms with Crippen molar-refractivity contribution in [1.82, 2.24) is 35.4 Å². The minimum atomic E-state index is -0.258. The summed E-state index contributed by atoms with van der Waals surface area (Å²) < 4.78 is 1.76. The first-order valence-electron chi connectivity index (χ1n) is 6.55. The van der Waals surface area contributed by atoms with Crippen LogP contribution in [0, 0.1) is 0 Å². The number of amides is 2. The molecule has 21 heavy (non-hydrogen) atoms. The normalized spacial score (nSPS) is 11.7. The Morgan fingerprint density at radius 1 is 1.38 bits per heavy atom. The van der Waals surface area contributed by atoms with E-state index in [1.165, 1.54) is 0 Å². The number of hydrogen-bond donors (Lipinski definition) is 3. The summed E-state index contributed by atoms with van der Waals surface area (Å²) in [6.45, 7) is 2.87. The average molecular weight is 290 g/mol. The molecule has 3 N–H and O–H groups in total. The summed E-state index contributed by atoms with van der Waals surface area (Å²) >= 11 is 0. The number of nitrogens with one attached hydrogen (secondary N) is 3. The third-order valence-corrected chi connectivity index (χ3v) is 2.76. The lowest BCUT2D eigenvalue weighted by molar-refractivity contribution is 0.237. The molecule has 2 aromatic heterocycles. The van der Waals surface area contributed by atoms with Gasteiger partial charge in [-0.15, -0.1) is 10.2 Å². The van der Waals surface area contributed by atoms with Crippen LogP contribution in [0.25, 0.3) is 0 Å². The first-order valence-corrected chi connectivity index (χ1v) is 6.55. The van der Waals surface area contributed by atoms with Gasteiger partial charge in [-0.25, -0.2) is 9.78 Å². The fourth-order valence-corrected chi connectivity index (χ4v) is 1.75. The van der Waals surface area contributed by atoms with Gasteiger partial charge in [0.15, 0.2) is 5.82 Å². The number of aryl methyl sites for hydroxylation is 1. The van der Waals surface area contributed by atoms with Gasteiger partial charge in [0.2, 0.25) is 0 Å². The zero-order valence-corrected chi connectivity index (χ0v) is 11.9. The summed E-state index contributed by atoms with van der Waals surface area (Å²) in [6, 6.07) is -0.475. The van der Waals surface area contributed by atoms with Crippen molar-refractivity contribution in [3.05, 3.63) is 30.7 Å². The van der Waals surface area contributed by atoms with Gasteiger partial charge in [0, 0.05) is 32.5 Å². The van der Waals surface area contributed by atoms with Crippen LogP contribution in [-0.4, -0.2) is 43.9 Å². The number of carbonyl (C=O) groups excluding carboxylic acids is 1. The molecule has 9 heteroatoms. The lowest BCUT2D eigenvalue weighted by Crippen LogP contribution is -2.39. The maximum Gasteiger partial charge on any atom is 0.315 e. The average Bonchev–Trinajstić information content (AvgIpc) is 2.91. The van der Waals surface area contributed by atoms with Crippen molar-refractivity contribution in [3.8, 4) is 0 Å². The number of anilines is 1. The molecule has 0 saturated heterocycles. The van der Waals surface area contributed by atoms with E-state index in [4.69, 9.17) is 0 Å². The molecule has 2 aromatic rings. The molecule has 2 rings (SSSR count). The van der Waals surface area contributed by atoms with Crippen LogP contribution in [-0.2, 0) is 7.05 Å². The summed E-state index contributed by atoms with van der Waals surface area (Å²) in [6.07, 6.45) is 6.42. The third-order valence-electron chi connectivity index (χ3n) is 2.76. The predicted octanol–water partition coefficient (Wildman–Crippen LogP) is 0.0774. The molecule has 2 amide bonds. The Balaban J connectivity index is 1.67. The first kappa shape index (κ1) is 14.7. The smallest absolute Gasteiger partial charge is 0.315 e. The molecule has 9 nitrogen and oxygen atoms in total. The maximum absolute atomic E-state index is 11.7. The quantitative estimate of drug-likeness (QED) is 0.650. The van der Waals surface area contributed by atoms with Gasteiger partial charge < -0.3 is 20.5 Å². The van der Waals surface area contributed by atoms with Gasteiger partial charge in [-0.2, -0.15) is 0 Å². The molecule has 0 unspecified atom stereocenters. The minimum Gasteiger partial charge on any atom is -0.367 e. The topological polar surface area (TPSA) is 110 Å². The van der Waals surface area contributed by atoms with Gasteiger partial charge >= 0.3 is 6.03 Å². The predicted molar refractivity (Wildman–Crippen MR) is 76.5 cm³/mol. The van der Waals surface area contributed by atoms with E-state index < -0.39 is 0 Å². The van der Waals surface area contributed by atoms with E-state index in [1.54, 1.807) is 29.5 Å². The Kier molecular flexibility index (Phi) is 5.02. The molecule has 0 radical (unpaired) electrons. The van der Waals surface area contributed by atoms with Crippen LogP contribution in [0.3, 0.4) is 0 Å². The second kappa shape index (κ2) is 7.17. The van der Waals surface area contributed by atoms with Gasteiger partial charge in [0.25, 0.3) is 0 Å². The van der Waals surface area contributed by atoms with Gasteiger partial charge in [-0.05, 0) is 6.92 Å². The SMILES string of the molecule is C[C@H](NC(=O)NCCNc1cnccn1)c1nncn1C. The van der Waals surface area contributed by atoms with Crippen LogP contribution in [0.1, 0.15) is 18.8 Å². The molecule has 112 valence electrons. The zero-order valence-electron chi connectivity index (χ0n) is 11.9. The van der Waals surface area contributed by atoms with Gasteiger partial charge in [0.1, 0.15) is 12.1 Å². The van der Waals surface area contributed by atoms with Crippen LogP contribution in [0.4, 0.5) is 10.6 Å². The second-order valence-electron chi connectivity index (χ2n) is 4.44. The number of urea groups is 1. The highest BCUT2D eigenvalue weighted by molar-refractivity contribution is 5.74. The van der Waals surface area contributed by atoms with Crippen molar-refractivity contribution in [2.24, 2.45) is 7.05 Å². The monoisotopic (exact) mass is 290 g/mol. The Labute approximate surface area is 122 Å². The van der Waals surface area contributed by atoms with Gasteiger partial charge in [-0.1, -0.05) is 0 Å². The van der Waals surface area contributed by atoms with E-state index >= 15 is 0 Å². The Morgan fingerprint density at radius 2 is 2.24 bits per heavy atom. The van der Waals surface area contributed by atoms with Gasteiger partial charge in [0.05, 0.1) is 12.2 Å². The zero-order chi connectivity index (χ0) is 15.1. The van der Waals surface area contributed by atoms with Crippen LogP contribution in [0.2, 0.25) is 0 Å². The highest BCUT2D eigenvalue weighted by Crippen LogP contribution is 2.06. The summed E-state index contributed by atoms with van der Waals surface area (Å²) in [7, 11) is 1.83. The number of nitrogens with zero attached hydrogens (tertiary/aromatic N) is 5. The lowest BCUT2D eigenvalue weighted by Gasteiger charge is -2.14. The van der Waals surface area contributed by atoms with Crippen LogP contribution < -0.4 is 16.0 Å². The molecule has 0 aliphatic heterocycles. The van der Waals surface area contributed by atoms with E-state index in [0.717, 1.165) is 0 Å². The van der Waals surface area contributed by atoms with Crippen LogP contribution >= 0.6 is 0 Å². The third kappa shape index (κ3) is 4.41.